The molecule has 1 fully saturated rings. The molecule has 1 aromatic rings. The van der Waals surface area contributed by atoms with Gasteiger partial charge in [-0.15, -0.1) is 0 Å². The van der Waals surface area contributed by atoms with Crippen LogP contribution in [-0.4, -0.2) is 34.3 Å². The van der Waals surface area contributed by atoms with Gasteiger partial charge < -0.3 is 20.4 Å². The summed E-state index contributed by atoms with van der Waals surface area (Å²) in [5.74, 6) is 0.220. The van der Waals surface area contributed by atoms with Gasteiger partial charge in [-0.2, -0.15) is 0 Å². The number of amidine groups is 1. The Morgan fingerprint density at radius 3 is 2.75 bits per heavy atom. The standard InChI is InChI=1S/C13H18ClN3O3/c1-7-5-9(6-8(2)19-7)20-13-11(14)10(3-4-16-13)12(15)17-18/h3-4,7-9,18H,5-6H2,1-2H3,(H2,15,17). The lowest BCUT2D eigenvalue weighted by molar-refractivity contribution is -0.0729. The van der Waals surface area contributed by atoms with Gasteiger partial charge in [-0.3, -0.25) is 0 Å². The van der Waals surface area contributed by atoms with E-state index in [9.17, 15) is 0 Å². The zero-order valence-corrected chi connectivity index (χ0v) is 12.2. The molecule has 110 valence electrons. The van der Waals surface area contributed by atoms with E-state index in [-0.39, 0.29) is 29.2 Å². The molecule has 0 spiro atoms. The number of pyridine rings is 1. The number of hydrogen-bond acceptors (Lipinski definition) is 5. The molecule has 7 heteroatoms. The third kappa shape index (κ3) is 3.32. The topological polar surface area (TPSA) is 90.0 Å². The predicted molar refractivity (Wildman–Crippen MR) is 75.4 cm³/mol. The second kappa shape index (κ2) is 6.28. The lowest BCUT2D eigenvalue weighted by atomic mass is 10.0. The summed E-state index contributed by atoms with van der Waals surface area (Å²) < 4.78 is 11.5. The Morgan fingerprint density at radius 2 is 2.15 bits per heavy atom. The summed E-state index contributed by atoms with van der Waals surface area (Å²) in [6.45, 7) is 4.02. The van der Waals surface area contributed by atoms with Gasteiger partial charge in [-0.1, -0.05) is 16.8 Å². The largest absolute Gasteiger partial charge is 0.473 e. The molecule has 1 saturated heterocycles. The summed E-state index contributed by atoms with van der Waals surface area (Å²) in [6.07, 6.45) is 3.32. The van der Waals surface area contributed by atoms with Gasteiger partial charge in [0, 0.05) is 24.6 Å². The lowest BCUT2D eigenvalue weighted by Crippen LogP contribution is -2.36. The van der Waals surface area contributed by atoms with E-state index in [0.717, 1.165) is 12.8 Å². The van der Waals surface area contributed by atoms with E-state index in [1.807, 2.05) is 13.8 Å². The average molecular weight is 300 g/mol. The van der Waals surface area contributed by atoms with E-state index in [0.29, 0.717) is 11.4 Å². The zero-order chi connectivity index (χ0) is 14.7. The molecular formula is C13H18ClN3O3. The van der Waals surface area contributed by atoms with Crippen molar-refractivity contribution in [2.45, 2.75) is 45.0 Å². The maximum Gasteiger partial charge on any atom is 0.233 e. The molecule has 2 atom stereocenters. The number of ether oxygens (including phenoxy) is 2. The van der Waals surface area contributed by atoms with Gasteiger partial charge in [-0.25, -0.2) is 4.98 Å². The second-order valence-corrected chi connectivity index (χ2v) is 5.31. The normalized spacial score (nSPS) is 27.4. The Hall–Kier alpha value is -1.53. The quantitative estimate of drug-likeness (QED) is 0.386. The molecule has 0 aliphatic carbocycles. The van der Waals surface area contributed by atoms with Crippen LogP contribution in [0, 0.1) is 0 Å². The van der Waals surface area contributed by atoms with Crippen LogP contribution in [0.25, 0.3) is 0 Å². The first kappa shape index (κ1) is 14.9. The SMILES string of the molecule is CC1CC(Oc2nccc(/C(N)=N/O)c2Cl)CC(C)O1. The molecule has 3 N–H and O–H groups in total. The molecule has 2 rings (SSSR count). The summed E-state index contributed by atoms with van der Waals surface area (Å²) in [5, 5.41) is 11.9. The van der Waals surface area contributed by atoms with E-state index < -0.39 is 0 Å². The highest BCUT2D eigenvalue weighted by Crippen LogP contribution is 2.29. The van der Waals surface area contributed by atoms with E-state index in [4.69, 9.17) is 32.0 Å². The van der Waals surface area contributed by atoms with Crippen LogP contribution in [-0.2, 0) is 4.74 Å². The molecule has 1 aliphatic heterocycles. The summed E-state index contributed by atoms with van der Waals surface area (Å²) in [5.41, 5.74) is 5.95. The molecule has 20 heavy (non-hydrogen) atoms. The number of nitrogens with two attached hydrogens (primary N) is 1. The van der Waals surface area contributed by atoms with Crippen molar-refractivity contribution in [2.24, 2.45) is 10.9 Å². The zero-order valence-electron chi connectivity index (χ0n) is 11.4. The highest BCUT2D eigenvalue weighted by atomic mass is 35.5. The molecular weight excluding hydrogens is 282 g/mol. The molecule has 0 amide bonds. The number of rotatable bonds is 3. The van der Waals surface area contributed by atoms with Crippen molar-refractivity contribution in [3.8, 4) is 5.88 Å². The van der Waals surface area contributed by atoms with Crippen molar-refractivity contribution in [3.05, 3.63) is 22.8 Å². The number of oxime groups is 1. The third-order valence-electron chi connectivity index (χ3n) is 3.17. The van der Waals surface area contributed by atoms with Gasteiger partial charge >= 0.3 is 0 Å². The molecule has 0 bridgehead atoms. The lowest BCUT2D eigenvalue weighted by Gasteiger charge is -2.32. The Kier molecular flexibility index (Phi) is 4.67. The molecule has 2 unspecified atom stereocenters. The number of nitrogens with zero attached hydrogens (tertiary/aromatic N) is 2. The van der Waals surface area contributed by atoms with Crippen LogP contribution in [0.1, 0.15) is 32.3 Å². The maximum absolute atomic E-state index is 8.72. The fourth-order valence-corrected chi connectivity index (χ4v) is 2.61. The minimum atomic E-state index is -0.0732. The highest BCUT2D eigenvalue weighted by Gasteiger charge is 2.27. The second-order valence-electron chi connectivity index (χ2n) is 4.93. The van der Waals surface area contributed by atoms with E-state index >= 15 is 0 Å². The molecule has 1 aromatic heterocycles. The Morgan fingerprint density at radius 1 is 1.50 bits per heavy atom. The Balaban J connectivity index is 2.17. The van der Waals surface area contributed by atoms with Crippen molar-refractivity contribution in [2.75, 3.05) is 0 Å². The fraction of sp³-hybridized carbons (Fsp3) is 0.538. The first-order valence-electron chi connectivity index (χ1n) is 6.45. The van der Waals surface area contributed by atoms with E-state index in [1.165, 1.54) is 6.20 Å². The summed E-state index contributed by atoms with van der Waals surface area (Å²) in [7, 11) is 0. The van der Waals surface area contributed by atoms with Crippen LogP contribution in [0.5, 0.6) is 5.88 Å². The highest BCUT2D eigenvalue weighted by molar-refractivity contribution is 6.35. The van der Waals surface area contributed by atoms with Crippen LogP contribution in [0.15, 0.2) is 17.4 Å². The first-order valence-corrected chi connectivity index (χ1v) is 6.83. The van der Waals surface area contributed by atoms with Crippen molar-refractivity contribution in [3.63, 3.8) is 0 Å². The molecule has 6 nitrogen and oxygen atoms in total. The van der Waals surface area contributed by atoms with Crippen LogP contribution >= 0.6 is 11.6 Å². The van der Waals surface area contributed by atoms with Gasteiger partial charge in [0.05, 0.1) is 12.2 Å². The monoisotopic (exact) mass is 299 g/mol. The van der Waals surface area contributed by atoms with Crippen molar-refractivity contribution in [1.82, 2.24) is 4.98 Å². The fourth-order valence-electron chi connectivity index (χ4n) is 2.36. The summed E-state index contributed by atoms with van der Waals surface area (Å²) in [4.78, 5) is 4.11. The Bertz CT molecular complexity index is 500. The minimum Gasteiger partial charge on any atom is -0.473 e. The third-order valence-corrected chi connectivity index (χ3v) is 3.54. The van der Waals surface area contributed by atoms with Crippen molar-refractivity contribution in [1.29, 1.82) is 0 Å². The van der Waals surface area contributed by atoms with Gasteiger partial charge in [0.25, 0.3) is 0 Å². The van der Waals surface area contributed by atoms with Gasteiger partial charge in [0.2, 0.25) is 5.88 Å². The minimum absolute atomic E-state index is 0.0127. The number of hydrogen-bond donors (Lipinski definition) is 2. The Labute approximate surface area is 122 Å². The van der Waals surface area contributed by atoms with Crippen LogP contribution in [0.4, 0.5) is 0 Å². The molecule has 1 aliphatic rings. The van der Waals surface area contributed by atoms with E-state index in [1.54, 1.807) is 6.07 Å². The number of halogens is 1. The predicted octanol–water partition coefficient (Wildman–Crippen LogP) is 2.16. The molecule has 0 saturated carbocycles. The van der Waals surface area contributed by atoms with Gasteiger partial charge in [0.1, 0.15) is 11.1 Å². The van der Waals surface area contributed by atoms with Crippen molar-refractivity contribution >= 4 is 17.4 Å². The maximum atomic E-state index is 8.72. The number of aromatic nitrogens is 1. The molecule has 0 radical (unpaired) electrons. The van der Waals surface area contributed by atoms with E-state index in [2.05, 4.69) is 10.1 Å². The summed E-state index contributed by atoms with van der Waals surface area (Å²) >= 11 is 6.18. The van der Waals surface area contributed by atoms with Crippen LogP contribution in [0.2, 0.25) is 5.02 Å². The summed E-state index contributed by atoms with van der Waals surface area (Å²) in [6, 6.07) is 1.57. The van der Waals surface area contributed by atoms with Crippen LogP contribution in [0.3, 0.4) is 0 Å². The van der Waals surface area contributed by atoms with Gasteiger partial charge in [-0.05, 0) is 19.9 Å². The molecule has 0 aromatic carbocycles. The van der Waals surface area contributed by atoms with Gasteiger partial charge in [0.15, 0.2) is 5.84 Å². The molecule has 2 heterocycles. The average Bonchev–Trinajstić information content (AvgIpc) is 2.39. The van der Waals surface area contributed by atoms with Crippen molar-refractivity contribution < 1.29 is 14.7 Å². The van der Waals surface area contributed by atoms with Crippen LogP contribution < -0.4 is 10.5 Å². The first-order chi connectivity index (χ1) is 9.51. The smallest absolute Gasteiger partial charge is 0.233 e.